The summed E-state index contributed by atoms with van der Waals surface area (Å²) >= 11 is 0. The first-order valence-electron chi connectivity index (χ1n) is 6.09. The van der Waals surface area contributed by atoms with E-state index in [0.29, 0.717) is 12.0 Å². The molecule has 2 rings (SSSR count). The van der Waals surface area contributed by atoms with Crippen LogP contribution < -0.4 is 5.32 Å². The van der Waals surface area contributed by atoms with Crippen LogP contribution in [-0.4, -0.2) is 11.9 Å². The number of amides is 1. The zero-order valence-corrected chi connectivity index (χ0v) is 9.78. The Bertz CT molecular complexity index is 347. The highest BCUT2D eigenvalue weighted by atomic mass is 16.1. The predicted octanol–water partition coefficient (Wildman–Crippen LogP) is 2.85. The molecule has 2 heteroatoms. The summed E-state index contributed by atoms with van der Waals surface area (Å²) in [6.07, 6.45) is 4.80. The summed E-state index contributed by atoms with van der Waals surface area (Å²) < 4.78 is 0. The van der Waals surface area contributed by atoms with Crippen molar-refractivity contribution in [2.45, 2.75) is 44.6 Å². The van der Waals surface area contributed by atoms with Crippen LogP contribution in [0.5, 0.6) is 0 Å². The third-order valence-corrected chi connectivity index (χ3v) is 3.38. The summed E-state index contributed by atoms with van der Waals surface area (Å²) in [4.78, 5) is 11.2. The van der Waals surface area contributed by atoms with E-state index in [1.807, 2.05) is 6.07 Å². The van der Waals surface area contributed by atoms with Gasteiger partial charge in [-0.05, 0) is 18.4 Å². The minimum absolute atomic E-state index is 0.0906. The van der Waals surface area contributed by atoms with Gasteiger partial charge in [-0.25, -0.2) is 0 Å². The fourth-order valence-corrected chi connectivity index (χ4v) is 2.66. The van der Waals surface area contributed by atoms with Crippen LogP contribution in [0.2, 0.25) is 0 Å². The SMILES string of the molecule is CC(=O)N[C@@H]1CCCC[C@H]1c1ccccc1. The molecule has 1 aromatic rings. The molecule has 0 saturated heterocycles. The van der Waals surface area contributed by atoms with Gasteiger partial charge in [0.1, 0.15) is 0 Å². The maximum absolute atomic E-state index is 11.2. The Morgan fingerprint density at radius 2 is 1.88 bits per heavy atom. The Labute approximate surface area is 97.1 Å². The van der Waals surface area contributed by atoms with Crippen LogP contribution in [0.1, 0.15) is 44.1 Å². The number of carbonyl (C=O) groups excluding carboxylic acids is 1. The fraction of sp³-hybridized carbons (Fsp3) is 0.500. The Hall–Kier alpha value is -1.31. The van der Waals surface area contributed by atoms with Crippen LogP contribution in [0.4, 0.5) is 0 Å². The van der Waals surface area contributed by atoms with Crippen LogP contribution in [0.3, 0.4) is 0 Å². The molecule has 1 fully saturated rings. The first-order chi connectivity index (χ1) is 7.77. The van der Waals surface area contributed by atoms with Gasteiger partial charge < -0.3 is 5.32 Å². The number of hydrogen-bond donors (Lipinski definition) is 1. The zero-order chi connectivity index (χ0) is 11.4. The zero-order valence-electron chi connectivity index (χ0n) is 9.78. The summed E-state index contributed by atoms with van der Waals surface area (Å²) in [7, 11) is 0. The molecular formula is C14H19NO. The van der Waals surface area contributed by atoms with E-state index < -0.39 is 0 Å². The van der Waals surface area contributed by atoms with E-state index in [-0.39, 0.29) is 5.91 Å². The minimum Gasteiger partial charge on any atom is -0.353 e. The van der Waals surface area contributed by atoms with Gasteiger partial charge in [-0.3, -0.25) is 4.79 Å². The molecule has 2 atom stereocenters. The average Bonchev–Trinajstić information content (AvgIpc) is 2.30. The Morgan fingerprint density at radius 3 is 2.56 bits per heavy atom. The summed E-state index contributed by atoms with van der Waals surface area (Å²) in [6, 6.07) is 10.9. The highest BCUT2D eigenvalue weighted by Gasteiger charge is 2.26. The van der Waals surface area contributed by atoms with Crippen LogP contribution in [-0.2, 0) is 4.79 Å². The van der Waals surface area contributed by atoms with Gasteiger partial charge in [-0.1, -0.05) is 43.2 Å². The third-order valence-electron chi connectivity index (χ3n) is 3.38. The summed E-state index contributed by atoms with van der Waals surface area (Å²) in [5, 5.41) is 3.09. The van der Waals surface area contributed by atoms with Crippen molar-refractivity contribution < 1.29 is 4.79 Å². The fourth-order valence-electron chi connectivity index (χ4n) is 2.66. The standard InChI is InChI=1S/C14H19NO/c1-11(16)15-14-10-6-5-9-13(14)12-7-3-2-4-8-12/h2-4,7-8,13-14H,5-6,9-10H2,1H3,(H,15,16)/t13-,14+/m0/s1. The first-order valence-corrected chi connectivity index (χ1v) is 6.09. The number of nitrogens with one attached hydrogen (secondary N) is 1. The minimum atomic E-state index is 0.0906. The molecule has 0 heterocycles. The van der Waals surface area contributed by atoms with Crippen molar-refractivity contribution in [1.82, 2.24) is 5.32 Å². The lowest BCUT2D eigenvalue weighted by Crippen LogP contribution is -2.39. The highest BCUT2D eigenvalue weighted by molar-refractivity contribution is 5.73. The number of benzene rings is 1. The van der Waals surface area contributed by atoms with Gasteiger partial charge in [0.2, 0.25) is 5.91 Å². The molecule has 0 unspecified atom stereocenters. The van der Waals surface area contributed by atoms with E-state index in [1.165, 1.54) is 24.8 Å². The second-order valence-corrected chi connectivity index (χ2v) is 4.61. The molecule has 1 saturated carbocycles. The molecule has 0 radical (unpaired) electrons. The Balaban J connectivity index is 2.13. The van der Waals surface area contributed by atoms with E-state index in [4.69, 9.17) is 0 Å². The van der Waals surface area contributed by atoms with Gasteiger partial charge >= 0.3 is 0 Å². The molecule has 86 valence electrons. The third kappa shape index (κ3) is 2.63. The normalized spacial score (nSPS) is 25.1. The van der Waals surface area contributed by atoms with Gasteiger partial charge in [0.05, 0.1) is 0 Å². The lowest BCUT2D eigenvalue weighted by atomic mass is 9.80. The van der Waals surface area contributed by atoms with Crippen LogP contribution in [0.15, 0.2) is 30.3 Å². The van der Waals surface area contributed by atoms with E-state index in [1.54, 1.807) is 6.92 Å². The summed E-state index contributed by atoms with van der Waals surface area (Å²) in [5.74, 6) is 0.590. The molecule has 2 nitrogen and oxygen atoms in total. The maximum Gasteiger partial charge on any atom is 0.217 e. The van der Waals surface area contributed by atoms with E-state index in [0.717, 1.165) is 6.42 Å². The molecule has 0 aliphatic heterocycles. The lowest BCUT2D eigenvalue weighted by molar-refractivity contribution is -0.120. The van der Waals surface area contributed by atoms with Crippen molar-refractivity contribution in [3.63, 3.8) is 0 Å². The molecule has 0 spiro atoms. The molecule has 1 aliphatic carbocycles. The second kappa shape index (κ2) is 5.15. The number of hydrogen-bond acceptors (Lipinski definition) is 1. The van der Waals surface area contributed by atoms with E-state index >= 15 is 0 Å². The largest absolute Gasteiger partial charge is 0.353 e. The van der Waals surface area contributed by atoms with E-state index in [2.05, 4.69) is 29.6 Å². The van der Waals surface area contributed by atoms with Gasteiger partial charge in [-0.15, -0.1) is 0 Å². The number of rotatable bonds is 2. The summed E-state index contributed by atoms with van der Waals surface area (Å²) in [6.45, 7) is 1.61. The quantitative estimate of drug-likeness (QED) is 0.811. The van der Waals surface area contributed by atoms with Crippen molar-refractivity contribution in [1.29, 1.82) is 0 Å². The monoisotopic (exact) mass is 217 g/mol. The Morgan fingerprint density at radius 1 is 1.19 bits per heavy atom. The average molecular weight is 217 g/mol. The number of carbonyl (C=O) groups is 1. The summed E-state index contributed by atoms with van der Waals surface area (Å²) in [5.41, 5.74) is 1.36. The van der Waals surface area contributed by atoms with Gasteiger partial charge in [0.25, 0.3) is 0 Å². The van der Waals surface area contributed by atoms with Crippen molar-refractivity contribution in [3.8, 4) is 0 Å². The van der Waals surface area contributed by atoms with Crippen molar-refractivity contribution in [2.75, 3.05) is 0 Å². The molecule has 1 N–H and O–H groups in total. The molecule has 1 amide bonds. The first kappa shape index (κ1) is 11.2. The van der Waals surface area contributed by atoms with Crippen molar-refractivity contribution >= 4 is 5.91 Å². The van der Waals surface area contributed by atoms with Crippen molar-refractivity contribution in [3.05, 3.63) is 35.9 Å². The Kier molecular flexibility index (Phi) is 3.60. The van der Waals surface area contributed by atoms with Crippen LogP contribution in [0, 0.1) is 0 Å². The topological polar surface area (TPSA) is 29.1 Å². The van der Waals surface area contributed by atoms with Gasteiger partial charge in [0, 0.05) is 18.9 Å². The highest BCUT2D eigenvalue weighted by Crippen LogP contribution is 2.32. The van der Waals surface area contributed by atoms with E-state index in [9.17, 15) is 4.79 Å². The molecule has 1 aliphatic rings. The molecule has 16 heavy (non-hydrogen) atoms. The molecule has 0 aromatic heterocycles. The molecular weight excluding hydrogens is 198 g/mol. The van der Waals surface area contributed by atoms with Crippen molar-refractivity contribution in [2.24, 2.45) is 0 Å². The second-order valence-electron chi connectivity index (χ2n) is 4.61. The molecule has 0 bridgehead atoms. The smallest absolute Gasteiger partial charge is 0.217 e. The maximum atomic E-state index is 11.2. The van der Waals surface area contributed by atoms with Gasteiger partial charge in [0.15, 0.2) is 0 Å². The van der Waals surface area contributed by atoms with Crippen LogP contribution >= 0.6 is 0 Å². The lowest BCUT2D eigenvalue weighted by Gasteiger charge is -2.32. The van der Waals surface area contributed by atoms with Gasteiger partial charge in [-0.2, -0.15) is 0 Å². The van der Waals surface area contributed by atoms with Crippen LogP contribution in [0.25, 0.3) is 0 Å². The predicted molar refractivity (Wildman–Crippen MR) is 65.3 cm³/mol. The molecule has 1 aromatic carbocycles.